The van der Waals surface area contributed by atoms with E-state index >= 15 is 0 Å². The second-order valence-corrected chi connectivity index (χ2v) is 7.31. The van der Waals surface area contributed by atoms with Crippen molar-refractivity contribution < 1.29 is 13.2 Å². The molecule has 1 aromatic rings. The summed E-state index contributed by atoms with van der Waals surface area (Å²) < 4.78 is 39.2. The van der Waals surface area contributed by atoms with Gasteiger partial charge in [-0.3, -0.25) is 0 Å². The molecular weight excluding hydrogens is 416 g/mol. The maximum absolute atomic E-state index is 13.2. The summed E-state index contributed by atoms with van der Waals surface area (Å²) >= 11 is 4.95. The van der Waals surface area contributed by atoms with Crippen LogP contribution in [0.1, 0.15) is 18.4 Å². The van der Waals surface area contributed by atoms with Gasteiger partial charge < -0.3 is 4.90 Å². The normalized spacial score (nSPS) is 20.1. The van der Waals surface area contributed by atoms with Crippen LogP contribution in [-0.4, -0.2) is 27.2 Å². The van der Waals surface area contributed by atoms with Crippen LogP contribution >= 0.6 is 32.3 Å². The average Bonchev–Trinajstić information content (AvgIpc) is 2.86. The van der Waals surface area contributed by atoms with Gasteiger partial charge in [-0.1, -0.05) is 11.6 Å². The van der Waals surface area contributed by atoms with Crippen LogP contribution < -0.4 is 4.90 Å². The van der Waals surface area contributed by atoms with Gasteiger partial charge in [-0.25, -0.2) is 0 Å². The lowest BCUT2D eigenvalue weighted by Crippen LogP contribution is -2.42. The van der Waals surface area contributed by atoms with Crippen molar-refractivity contribution >= 4 is 41.5 Å². The quantitative estimate of drug-likeness (QED) is 0.512. The molecule has 1 saturated heterocycles. The van der Waals surface area contributed by atoms with Gasteiger partial charge in [-0.2, -0.15) is 18.4 Å². The number of hydrogen-bond acceptors (Lipinski definition) is 2. The van der Waals surface area contributed by atoms with E-state index in [0.29, 0.717) is 24.2 Å². The maximum Gasteiger partial charge on any atom is 0.419 e. The van der Waals surface area contributed by atoms with Crippen molar-refractivity contribution in [2.45, 2.75) is 25.1 Å². The highest BCUT2D eigenvalue weighted by molar-refractivity contribution is 14.2. The molecule has 0 saturated carbocycles. The topological polar surface area (TPSA) is 27.0 Å². The summed E-state index contributed by atoms with van der Waals surface area (Å²) in [5.41, 5.74) is 0.986. The monoisotopic (exact) mass is 428 g/mol. The van der Waals surface area contributed by atoms with Gasteiger partial charge in [0, 0.05) is 12.2 Å². The fourth-order valence-corrected chi connectivity index (χ4v) is 4.73. The van der Waals surface area contributed by atoms with Gasteiger partial charge in [0.1, 0.15) is 6.07 Å². The largest absolute Gasteiger partial charge is 0.419 e. The van der Waals surface area contributed by atoms with Crippen molar-refractivity contribution in [3.05, 3.63) is 28.8 Å². The number of nitriles is 1. The molecule has 0 bridgehead atoms. The predicted molar refractivity (Wildman–Crippen MR) is 87.5 cm³/mol. The van der Waals surface area contributed by atoms with E-state index in [0.717, 1.165) is 6.42 Å². The molecule has 2 nitrogen and oxygen atoms in total. The Balaban J connectivity index is 2.35. The Morgan fingerprint density at radius 3 is 2.71 bits per heavy atom. The first-order chi connectivity index (χ1) is 9.88. The van der Waals surface area contributed by atoms with E-state index in [4.69, 9.17) is 16.9 Å². The lowest BCUT2D eigenvalue weighted by molar-refractivity contribution is -0.0581. The van der Waals surface area contributed by atoms with Gasteiger partial charge in [0.25, 0.3) is 0 Å². The minimum absolute atomic E-state index is 0.278. The summed E-state index contributed by atoms with van der Waals surface area (Å²) in [7, 11) is 0. The van der Waals surface area contributed by atoms with Crippen LogP contribution in [-0.2, 0) is 0 Å². The lowest BCUT2D eigenvalue weighted by Gasteiger charge is -2.29. The Morgan fingerprint density at radius 1 is 1.48 bits per heavy atom. The van der Waals surface area contributed by atoms with Crippen LogP contribution in [0.25, 0.3) is 0 Å². The Labute approximate surface area is 136 Å². The summed E-state index contributed by atoms with van der Waals surface area (Å²) in [4.78, 5) is 3.41. The Bertz CT molecular complexity index is 607. The van der Waals surface area contributed by atoms with Crippen LogP contribution in [0.15, 0.2) is 18.2 Å². The molecule has 2 rings (SSSR count). The van der Waals surface area contributed by atoms with Gasteiger partial charge in [-0.15, -0.1) is 20.7 Å². The van der Waals surface area contributed by atoms with E-state index in [9.17, 15) is 13.2 Å². The van der Waals surface area contributed by atoms with E-state index in [1.54, 1.807) is 28.0 Å². The van der Waals surface area contributed by atoms with E-state index in [2.05, 4.69) is 0 Å². The summed E-state index contributed by atoms with van der Waals surface area (Å²) in [6.07, 6.45) is -2.99. The second-order valence-electron chi connectivity index (χ2n) is 4.66. The van der Waals surface area contributed by atoms with E-state index in [-0.39, 0.29) is 8.53 Å². The Hall–Kier alpha value is -0.810. The summed E-state index contributed by atoms with van der Waals surface area (Å²) in [5, 5.41) is 9.14. The van der Waals surface area contributed by atoms with Crippen LogP contribution in [0, 0.1) is 11.3 Å². The number of hydrogen-bond donors (Lipinski definition) is 0. The van der Waals surface area contributed by atoms with Gasteiger partial charge in [-0.05, 0) is 36.0 Å². The lowest BCUT2D eigenvalue weighted by atomic mass is 10.1. The van der Waals surface area contributed by atoms with Gasteiger partial charge in [0.15, 0.2) is 0 Å². The minimum atomic E-state index is -4.23. The van der Waals surface area contributed by atoms with Crippen molar-refractivity contribution in [3.8, 4) is 6.07 Å². The average molecular weight is 429 g/mol. The molecule has 0 amide bonds. The highest BCUT2D eigenvalue weighted by Gasteiger charge is 2.43. The fraction of sp³-hybridized carbons (Fsp3) is 0.429. The molecule has 0 unspecified atom stereocenters. The molecule has 21 heavy (non-hydrogen) atoms. The third-order valence-electron chi connectivity index (χ3n) is 3.42. The van der Waals surface area contributed by atoms with Crippen molar-refractivity contribution in [1.82, 2.24) is 0 Å². The minimum Gasteiger partial charge on any atom is -0.364 e. The van der Waals surface area contributed by atoms with Crippen molar-refractivity contribution in [3.63, 3.8) is 0 Å². The first-order valence-electron chi connectivity index (χ1n) is 6.28. The fourth-order valence-electron chi connectivity index (χ4n) is 2.53. The summed E-state index contributed by atoms with van der Waals surface area (Å²) in [6.45, 7) is 0.580. The summed E-state index contributed by atoms with van der Waals surface area (Å²) in [5.74, 6) is 0. The van der Waals surface area contributed by atoms with E-state index < -0.39 is 32.9 Å². The molecular formula is C14H13ClF3IN2. The molecule has 114 valence electrons. The Kier molecular flexibility index (Phi) is 5.15. The third kappa shape index (κ3) is 3.51. The molecule has 0 N–H and O–H groups in total. The SMILES string of the molecule is CI=C([C@H]1CCCN1c1ccc(C#N)c(Cl)c1)C(F)(F)F. The summed E-state index contributed by atoms with van der Waals surface area (Å²) in [6, 6.07) is 6.17. The third-order valence-corrected chi connectivity index (χ3v) is 6.23. The molecule has 7 heteroatoms. The van der Waals surface area contributed by atoms with Crippen LogP contribution in [0.3, 0.4) is 0 Å². The molecule has 0 radical (unpaired) electrons. The first-order valence-corrected chi connectivity index (χ1v) is 9.89. The maximum atomic E-state index is 13.2. The second kappa shape index (κ2) is 6.53. The zero-order valence-corrected chi connectivity index (χ0v) is 14.1. The van der Waals surface area contributed by atoms with Gasteiger partial charge in [0.05, 0.1) is 20.1 Å². The molecule has 1 fully saturated rings. The molecule has 0 aliphatic carbocycles. The zero-order chi connectivity index (χ0) is 15.6. The van der Waals surface area contributed by atoms with Crippen molar-refractivity contribution in [2.24, 2.45) is 0 Å². The van der Waals surface area contributed by atoms with Crippen LogP contribution in [0.2, 0.25) is 5.02 Å². The number of nitrogens with zero attached hydrogens (tertiary/aromatic N) is 2. The van der Waals surface area contributed by atoms with E-state index in [1.165, 1.54) is 0 Å². The highest BCUT2D eigenvalue weighted by Crippen LogP contribution is 2.35. The molecule has 1 aliphatic rings. The number of rotatable bonds is 2. The molecule has 0 aromatic heterocycles. The Morgan fingerprint density at radius 2 is 2.19 bits per heavy atom. The van der Waals surface area contributed by atoms with E-state index in [1.807, 2.05) is 6.07 Å². The van der Waals surface area contributed by atoms with Crippen molar-refractivity contribution in [1.29, 1.82) is 5.26 Å². The molecule has 1 aliphatic heterocycles. The van der Waals surface area contributed by atoms with Crippen molar-refractivity contribution in [2.75, 3.05) is 16.4 Å². The number of alkyl halides is 4. The van der Waals surface area contributed by atoms with Gasteiger partial charge >= 0.3 is 6.18 Å². The molecule has 0 spiro atoms. The molecule has 1 aromatic carbocycles. The van der Waals surface area contributed by atoms with Crippen LogP contribution in [0.4, 0.5) is 18.9 Å². The smallest absolute Gasteiger partial charge is 0.364 e. The molecule has 1 atom stereocenters. The predicted octanol–water partition coefficient (Wildman–Crippen LogP) is 4.52. The number of benzene rings is 1. The first kappa shape index (κ1) is 16.6. The number of halogens is 5. The molecule has 1 heterocycles. The van der Waals surface area contributed by atoms with Crippen LogP contribution in [0.5, 0.6) is 0 Å². The standard InChI is InChI=1S/C14H13ClF3IN2/c1-19-13(14(16,17)18)12-3-2-6-21(12)10-5-4-9(8-20)11(15)7-10/h4-5,7,12H,2-3,6H2,1H3/t12-/m1/s1. The van der Waals surface area contributed by atoms with Gasteiger partial charge in [0.2, 0.25) is 0 Å². The highest BCUT2D eigenvalue weighted by atomic mass is 127. The zero-order valence-electron chi connectivity index (χ0n) is 11.2. The number of anilines is 1.